The van der Waals surface area contributed by atoms with Gasteiger partial charge in [-0.05, 0) is 61.2 Å². The van der Waals surface area contributed by atoms with Gasteiger partial charge >= 0.3 is 0 Å². The smallest absolute Gasteiger partial charge is 0.0641 e. The highest BCUT2D eigenvalue weighted by atomic mass is 79.9. The Morgan fingerprint density at radius 2 is 1.90 bits per heavy atom. The molecule has 0 saturated carbocycles. The number of anilines is 1. The van der Waals surface area contributed by atoms with E-state index in [0.717, 1.165) is 15.7 Å². The maximum atomic E-state index is 4.54. The number of hydrogen-bond donors (Lipinski definition) is 0. The van der Waals surface area contributed by atoms with Crippen LogP contribution in [0.1, 0.15) is 24.0 Å². The molecule has 0 spiro atoms. The average Bonchev–Trinajstić information content (AvgIpc) is 2.99. The minimum Gasteiger partial charge on any atom is -0.371 e. The molecule has 3 heteroatoms. The monoisotopic (exact) mass is 342 g/mol. The molecular formula is C18H19BrN2. The maximum absolute atomic E-state index is 4.54. The van der Waals surface area contributed by atoms with Gasteiger partial charge in [-0.2, -0.15) is 0 Å². The first-order valence-corrected chi connectivity index (χ1v) is 8.17. The molecule has 2 nitrogen and oxygen atoms in total. The third kappa shape index (κ3) is 3.53. The van der Waals surface area contributed by atoms with Gasteiger partial charge in [0.15, 0.2) is 0 Å². The summed E-state index contributed by atoms with van der Waals surface area (Å²) in [5.74, 6) is 0. The summed E-state index contributed by atoms with van der Waals surface area (Å²) in [6.45, 7) is 4.56. The Morgan fingerprint density at radius 1 is 1.10 bits per heavy atom. The minimum atomic E-state index is 0.964. The van der Waals surface area contributed by atoms with E-state index in [1.165, 1.54) is 37.2 Å². The Hall–Kier alpha value is -1.61. The highest BCUT2D eigenvalue weighted by Crippen LogP contribution is 2.25. The molecule has 0 bridgehead atoms. The van der Waals surface area contributed by atoms with Crippen LogP contribution in [0.5, 0.6) is 0 Å². The van der Waals surface area contributed by atoms with Gasteiger partial charge in [-0.25, -0.2) is 0 Å². The van der Waals surface area contributed by atoms with Crippen molar-refractivity contribution in [2.24, 2.45) is 4.99 Å². The van der Waals surface area contributed by atoms with Crippen LogP contribution in [0.2, 0.25) is 0 Å². The predicted molar refractivity (Wildman–Crippen MR) is 94.0 cm³/mol. The zero-order chi connectivity index (χ0) is 14.7. The summed E-state index contributed by atoms with van der Waals surface area (Å²) in [6.07, 6.45) is 4.56. The molecule has 2 aromatic carbocycles. The van der Waals surface area contributed by atoms with Gasteiger partial charge in [0, 0.05) is 29.5 Å². The molecule has 0 unspecified atom stereocenters. The van der Waals surface area contributed by atoms with E-state index < -0.39 is 0 Å². The molecule has 1 fully saturated rings. The van der Waals surface area contributed by atoms with Gasteiger partial charge < -0.3 is 4.90 Å². The Kier molecular flexibility index (Phi) is 4.39. The highest BCUT2D eigenvalue weighted by Gasteiger charge is 2.13. The lowest BCUT2D eigenvalue weighted by Gasteiger charge is -2.20. The van der Waals surface area contributed by atoms with Crippen molar-refractivity contribution >= 4 is 33.5 Å². The first kappa shape index (κ1) is 14.3. The molecule has 1 heterocycles. The number of halogens is 1. The maximum Gasteiger partial charge on any atom is 0.0641 e. The molecule has 2 aromatic rings. The molecule has 1 saturated heterocycles. The second-order valence-corrected chi connectivity index (χ2v) is 6.39. The largest absolute Gasteiger partial charge is 0.371 e. The molecule has 1 aliphatic rings. The second-order valence-electron chi connectivity index (χ2n) is 5.48. The zero-order valence-corrected chi connectivity index (χ0v) is 13.8. The molecule has 0 aromatic heterocycles. The van der Waals surface area contributed by atoms with Crippen LogP contribution in [-0.2, 0) is 0 Å². The van der Waals surface area contributed by atoms with Gasteiger partial charge in [-0.15, -0.1) is 0 Å². The third-order valence-corrected chi connectivity index (χ3v) is 4.33. The van der Waals surface area contributed by atoms with E-state index in [1.54, 1.807) is 0 Å². The summed E-state index contributed by atoms with van der Waals surface area (Å²) in [6, 6.07) is 14.6. The summed E-state index contributed by atoms with van der Waals surface area (Å²) in [7, 11) is 0. The van der Waals surface area contributed by atoms with Gasteiger partial charge in [0.1, 0.15) is 0 Å². The fourth-order valence-corrected chi connectivity index (χ4v) is 3.16. The number of aryl methyl sites for hydroxylation is 1. The molecule has 0 radical (unpaired) electrons. The van der Waals surface area contributed by atoms with Gasteiger partial charge in [-0.3, -0.25) is 4.99 Å². The Morgan fingerprint density at radius 3 is 2.62 bits per heavy atom. The second kappa shape index (κ2) is 6.44. The average molecular weight is 343 g/mol. The number of aliphatic imine (C=N–C) groups is 1. The van der Waals surface area contributed by atoms with Crippen molar-refractivity contribution in [1.29, 1.82) is 0 Å². The van der Waals surface area contributed by atoms with Crippen molar-refractivity contribution < 1.29 is 0 Å². The Bertz CT molecular complexity index is 658. The number of benzene rings is 2. The lowest BCUT2D eigenvalue weighted by molar-refractivity contribution is 0.949. The Labute approximate surface area is 134 Å². The first-order chi connectivity index (χ1) is 10.2. The fraction of sp³-hybridized carbons (Fsp3) is 0.278. The molecule has 0 aliphatic carbocycles. The topological polar surface area (TPSA) is 15.6 Å². The SMILES string of the molecule is Cc1cc(C=Nc2cccc(Br)c2)ccc1N1CCCC1. The van der Waals surface area contributed by atoms with E-state index >= 15 is 0 Å². The molecular weight excluding hydrogens is 324 g/mol. The Balaban J connectivity index is 1.78. The standard InChI is InChI=1S/C18H19BrN2/c1-14-11-15(7-8-18(14)21-9-2-3-10-21)13-20-17-6-4-5-16(19)12-17/h4-8,11-13H,2-3,9-10H2,1H3. The number of nitrogens with zero attached hydrogens (tertiary/aromatic N) is 2. The normalized spacial score (nSPS) is 15.0. The number of hydrogen-bond acceptors (Lipinski definition) is 2. The molecule has 0 amide bonds. The zero-order valence-electron chi connectivity index (χ0n) is 12.2. The lowest BCUT2D eigenvalue weighted by Crippen LogP contribution is -2.18. The molecule has 21 heavy (non-hydrogen) atoms. The van der Waals surface area contributed by atoms with Crippen LogP contribution >= 0.6 is 15.9 Å². The van der Waals surface area contributed by atoms with E-state index in [-0.39, 0.29) is 0 Å². The van der Waals surface area contributed by atoms with Crippen LogP contribution in [0.15, 0.2) is 51.9 Å². The van der Waals surface area contributed by atoms with Crippen molar-refractivity contribution in [2.75, 3.05) is 18.0 Å². The van der Waals surface area contributed by atoms with E-state index in [4.69, 9.17) is 0 Å². The van der Waals surface area contributed by atoms with Gasteiger partial charge in [-0.1, -0.05) is 28.1 Å². The van der Waals surface area contributed by atoms with Crippen molar-refractivity contribution in [1.82, 2.24) is 0 Å². The van der Waals surface area contributed by atoms with Crippen LogP contribution in [0, 0.1) is 6.92 Å². The summed E-state index contributed by atoms with van der Waals surface area (Å²) in [4.78, 5) is 7.01. The van der Waals surface area contributed by atoms with E-state index in [2.05, 4.69) is 50.9 Å². The number of rotatable bonds is 3. The first-order valence-electron chi connectivity index (χ1n) is 7.37. The summed E-state index contributed by atoms with van der Waals surface area (Å²) < 4.78 is 1.05. The van der Waals surface area contributed by atoms with Crippen LogP contribution < -0.4 is 4.90 Å². The van der Waals surface area contributed by atoms with Crippen molar-refractivity contribution in [3.63, 3.8) is 0 Å². The molecule has 0 atom stereocenters. The van der Waals surface area contributed by atoms with Crippen molar-refractivity contribution in [2.45, 2.75) is 19.8 Å². The van der Waals surface area contributed by atoms with Crippen LogP contribution in [0.4, 0.5) is 11.4 Å². The van der Waals surface area contributed by atoms with Gasteiger partial charge in [0.25, 0.3) is 0 Å². The molecule has 0 N–H and O–H groups in total. The lowest BCUT2D eigenvalue weighted by atomic mass is 10.1. The van der Waals surface area contributed by atoms with Gasteiger partial charge in [0.2, 0.25) is 0 Å². The predicted octanol–water partition coefficient (Wildman–Crippen LogP) is 5.11. The van der Waals surface area contributed by atoms with Crippen LogP contribution in [-0.4, -0.2) is 19.3 Å². The fourth-order valence-electron chi connectivity index (χ4n) is 2.78. The van der Waals surface area contributed by atoms with Crippen LogP contribution in [0.25, 0.3) is 0 Å². The van der Waals surface area contributed by atoms with E-state index in [9.17, 15) is 0 Å². The quantitative estimate of drug-likeness (QED) is 0.707. The third-order valence-electron chi connectivity index (χ3n) is 3.84. The highest BCUT2D eigenvalue weighted by molar-refractivity contribution is 9.10. The summed E-state index contributed by atoms with van der Waals surface area (Å²) in [5, 5.41) is 0. The van der Waals surface area contributed by atoms with E-state index in [0.29, 0.717) is 0 Å². The summed E-state index contributed by atoms with van der Waals surface area (Å²) in [5.41, 5.74) is 4.81. The van der Waals surface area contributed by atoms with Crippen molar-refractivity contribution in [3.8, 4) is 0 Å². The minimum absolute atomic E-state index is 0.964. The van der Waals surface area contributed by atoms with Crippen molar-refractivity contribution in [3.05, 3.63) is 58.1 Å². The molecule has 3 rings (SSSR count). The van der Waals surface area contributed by atoms with E-state index in [1.807, 2.05) is 30.5 Å². The summed E-state index contributed by atoms with van der Waals surface area (Å²) >= 11 is 3.47. The molecule has 108 valence electrons. The van der Waals surface area contributed by atoms with Crippen LogP contribution in [0.3, 0.4) is 0 Å². The molecule has 1 aliphatic heterocycles. The van der Waals surface area contributed by atoms with Gasteiger partial charge in [0.05, 0.1) is 5.69 Å².